The van der Waals surface area contributed by atoms with Crippen LogP contribution in [0.5, 0.6) is 5.75 Å². The summed E-state index contributed by atoms with van der Waals surface area (Å²) in [5.74, 6) is -1.16. The number of benzene rings is 1. The Hall–Kier alpha value is -2.79. The van der Waals surface area contributed by atoms with Crippen molar-refractivity contribution in [3.05, 3.63) is 46.8 Å². The summed E-state index contributed by atoms with van der Waals surface area (Å²) in [5, 5.41) is 9.59. The van der Waals surface area contributed by atoms with Crippen LogP contribution in [0.3, 0.4) is 0 Å². The number of nitrogens with two attached hydrogens (primary N) is 1. The first-order valence-corrected chi connectivity index (χ1v) is 10.5. The van der Waals surface area contributed by atoms with E-state index in [-0.39, 0.29) is 54.0 Å². The number of aliphatic hydroxyl groups excluding tert-OH is 1. The molecule has 0 radical (unpaired) electrons. The molecule has 0 amide bonds. The van der Waals surface area contributed by atoms with Crippen molar-refractivity contribution in [2.24, 2.45) is 11.8 Å². The maximum absolute atomic E-state index is 13.0. The molecule has 30 heavy (non-hydrogen) atoms. The zero-order valence-electron chi connectivity index (χ0n) is 15.5. The van der Waals surface area contributed by atoms with Crippen molar-refractivity contribution in [1.29, 1.82) is 0 Å². The first-order chi connectivity index (χ1) is 14.3. The van der Waals surface area contributed by atoms with Crippen molar-refractivity contribution in [3.8, 4) is 5.75 Å². The fraction of sp³-hybridized carbons (Fsp3) is 0.353. The molecule has 1 fully saturated rings. The summed E-state index contributed by atoms with van der Waals surface area (Å²) < 4.78 is 36.9. The zero-order valence-corrected chi connectivity index (χ0v) is 16.4. The lowest BCUT2D eigenvalue weighted by Gasteiger charge is -2.44. The number of hydrogen-bond acceptors (Lipinski definition) is 8. The number of aromatic nitrogens is 4. The highest BCUT2D eigenvalue weighted by molar-refractivity contribution is 7.47. The van der Waals surface area contributed by atoms with Gasteiger partial charge in [-0.3, -0.25) is 19.2 Å². The van der Waals surface area contributed by atoms with E-state index >= 15 is 0 Å². The number of imidazole rings is 1. The Morgan fingerprint density at radius 3 is 2.80 bits per heavy atom. The second-order valence-corrected chi connectivity index (χ2v) is 8.37. The number of fused-ring (bicyclic) bond motifs is 1. The molecule has 160 valence electrons. The van der Waals surface area contributed by atoms with Gasteiger partial charge in [0, 0.05) is 18.6 Å². The summed E-state index contributed by atoms with van der Waals surface area (Å²) >= 11 is 0. The van der Waals surface area contributed by atoms with Crippen LogP contribution in [-0.2, 0) is 9.09 Å². The molecule has 3 aromatic rings. The Morgan fingerprint density at radius 2 is 2.10 bits per heavy atom. The molecule has 4 atom stereocenters. The minimum absolute atomic E-state index is 0.0226. The quantitative estimate of drug-likeness (QED) is 0.396. The molecule has 2 aromatic heterocycles. The van der Waals surface area contributed by atoms with Crippen LogP contribution in [0, 0.1) is 17.7 Å². The molecular formula is C17H19FN5O6P. The number of nitrogens with zero attached hydrogens (tertiary/aromatic N) is 3. The average Bonchev–Trinajstić information content (AvgIpc) is 3.07. The van der Waals surface area contributed by atoms with Crippen molar-refractivity contribution in [1.82, 2.24) is 19.5 Å². The maximum Gasteiger partial charge on any atom is 0.527 e. The van der Waals surface area contributed by atoms with Crippen LogP contribution in [0.25, 0.3) is 11.2 Å². The van der Waals surface area contributed by atoms with Crippen LogP contribution in [-0.4, -0.2) is 42.7 Å². The summed E-state index contributed by atoms with van der Waals surface area (Å²) in [7, 11) is -4.49. The second-order valence-electron chi connectivity index (χ2n) is 6.99. The Balaban J connectivity index is 1.50. The molecule has 0 saturated heterocycles. The fourth-order valence-corrected chi connectivity index (χ4v) is 4.38. The van der Waals surface area contributed by atoms with Crippen LogP contribution in [0.4, 0.5) is 10.3 Å². The largest absolute Gasteiger partial charge is 0.527 e. The molecule has 0 spiro atoms. The number of halogens is 1. The molecule has 1 aliphatic rings. The molecule has 11 nitrogen and oxygen atoms in total. The van der Waals surface area contributed by atoms with Gasteiger partial charge in [0.2, 0.25) is 5.95 Å². The molecule has 1 aliphatic carbocycles. The predicted octanol–water partition coefficient (Wildman–Crippen LogP) is 1.21. The zero-order chi connectivity index (χ0) is 21.5. The van der Waals surface area contributed by atoms with Crippen molar-refractivity contribution in [2.45, 2.75) is 12.5 Å². The summed E-state index contributed by atoms with van der Waals surface area (Å²) in [6, 6.07) is 4.30. The third kappa shape index (κ3) is 3.94. The monoisotopic (exact) mass is 439 g/mol. The second kappa shape index (κ2) is 7.80. The van der Waals surface area contributed by atoms with E-state index < -0.39 is 19.2 Å². The average molecular weight is 439 g/mol. The van der Waals surface area contributed by atoms with E-state index in [2.05, 4.69) is 15.0 Å². The van der Waals surface area contributed by atoms with Gasteiger partial charge in [-0.1, -0.05) is 0 Å². The third-order valence-corrected chi connectivity index (χ3v) is 6.07. The lowest BCUT2D eigenvalue weighted by molar-refractivity contribution is -0.00476. The van der Waals surface area contributed by atoms with Gasteiger partial charge in [-0.2, -0.15) is 4.98 Å². The van der Waals surface area contributed by atoms with Gasteiger partial charge in [-0.15, -0.1) is 0 Å². The van der Waals surface area contributed by atoms with Crippen molar-refractivity contribution < 1.29 is 28.0 Å². The number of nitrogen functional groups attached to an aromatic ring is 1. The van der Waals surface area contributed by atoms with E-state index in [4.69, 9.17) is 14.8 Å². The number of anilines is 1. The molecule has 0 bridgehead atoms. The molecule has 13 heteroatoms. The Kier molecular flexibility index (Phi) is 5.33. The number of rotatable bonds is 7. The highest BCUT2D eigenvalue weighted by Crippen LogP contribution is 2.50. The number of aliphatic hydroxyl groups is 1. The van der Waals surface area contributed by atoms with Gasteiger partial charge in [0.05, 0.1) is 12.9 Å². The van der Waals surface area contributed by atoms with E-state index in [0.29, 0.717) is 6.42 Å². The summed E-state index contributed by atoms with van der Waals surface area (Å²) in [4.78, 5) is 32.5. The van der Waals surface area contributed by atoms with E-state index in [0.717, 1.165) is 12.1 Å². The number of phosphoric acid groups is 1. The van der Waals surface area contributed by atoms with Crippen LogP contribution < -0.4 is 15.8 Å². The number of aromatic amines is 1. The standard InChI is InChI=1S/C17H19FN5O6P/c18-10-1-3-11(4-2-10)29-30(26,27)28-7-12-9(6-24)5-13(12)23-8-20-14-15(23)21-17(19)22-16(14)25/h1-4,8-9,12-13,24H,5-7H2,(H,26,27)(H3,19,21,22,25). The van der Waals surface area contributed by atoms with Crippen LogP contribution in [0.2, 0.25) is 0 Å². The highest BCUT2D eigenvalue weighted by Gasteiger charge is 2.44. The van der Waals surface area contributed by atoms with Gasteiger partial charge in [-0.25, -0.2) is 13.9 Å². The van der Waals surface area contributed by atoms with Crippen LogP contribution >= 0.6 is 7.82 Å². The summed E-state index contributed by atoms with van der Waals surface area (Å²) in [6.45, 7) is -0.356. The molecule has 5 N–H and O–H groups in total. The van der Waals surface area contributed by atoms with Gasteiger partial charge in [0.15, 0.2) is 11.2 Å². The van der Waals surface area contributed by atoms with E-state index in [1.54, 1.807) is 4.57 Å². The molecule has 2 heterocycles. The normalized spacial score (nSPS) is 23.1. The Bertz CT molecular complexity index is 1170. The SMILES string of the molecule is Nc1nc2c(ncn2C2CC(CO)C2COP(=O)(O)Oc2ccc(F)cc2)c(=O)[nH]1. The first kappa shape index (κ1) is 20.5. The first-order valence-electron chi connectivity index (χ1n) is 9.03. The molecule has 1 aromatic carbocycles. The van der Waals surface area contributed by atoms with Crippen LogP contribution in [0.15, 0.2) is 35.4 Å². The lowest BCUT2D eigenvalue weighted by atomic mass is 9.70. The minimum Gasteiger partial charge on any atom is -0.404 e. The number of hydrogen-bond donors (Lipinski definition) is 4. The van der Waals surface area contributed by atoms with Gasteiger partial charge in [-0.05, 0) is 36.6 Å². The van der Waals surface area contributed by atoms with Crippen molar-refractivity contribution >= 4 is 24.9 Å². The number of nitrogens with one attached hydrogen (secondary N) is 1. The van der Waals surface area contributed by atoms with Gasteiger partial charge in [0.25, 0.3) is 5.56 Å². The number of H-pyrrole nitrogens is 1. The topological polar surface area (TPSA) is 166 Å². The lowest BCUT2D eigenvalue weighted by Crippen LogP contribution is -2.43. The highest BCUT2D eigenvalue weighted by atomic mass is 31.2. The Morgan fingerprint density at radius 1 is 1.37 bits per heavy atom. The minimum atomic E-state index is -4.49. The van der Waals surface area contributed by atoms with E-state index in [1.807, 2.05) is 0 Å². The molecule has 0 aliphatic heterocycles. The van der Waals surface area contributed by atoms with Crippen molar-refractivity contribution in [2.75, 3.05) is 18.9 Å². The molecule has 1 saturated carbocycles. The summed E-state index contributed by atoms with van der Waals surface area (Å²) in [6.07, 6.45) is 1.96. The number of phosphoric ester groups is 1. The maximum atomic E-state index is 13.0. The van der Waals surface area contributed by atoms with E-state index in [1.165, 1.54) is 18.5 Å². The van der Waals surface area contributed by atoms with Crippen molar-refractivity contribution in [3.63, 3.8) is 0 Å². The van der Waals surface area contributed by atoms with Gasteiger partial charge in [0.1, 0.15) is 11.6 Å². The molecule has 4 rings (SSSR count). The predicted molar refractivity (Wildman–Crippen MR) is 103 cm³/mol. The van der Waals surface area contributed by atoms with E-state index in [9.17, 15) is 23.7 Å². The molecule has 4 unspecified atom stereocenters. The fourth-order valence-electron chi connectivity index (χ4n) is 3.58. The molecular weight excluding hydrogens is 420 g/mol. The summed E-state index contributed by atoms with van der Waals surface area (Å²) in [5.41, 5.74) is 5.53. The van der Waals surface area contributed by atoms with Gasteiger partial charge >= 0.3 is 7.82 Å². The smallest absolute Gasteiger partial charge is 0.404 e. The Labute approximate surface area is 168 Å². The van der Waals surface area contributed by atoms with Crippen LogP contribution in [0.1, 0.15) is 12.5 Å². The third-order valence-electron chi connectivity index (χ3n) is 5.15. The van der Waals surface area contributed by atoms with Gasteiger partial charge < -0.3 is 19.9 Å².